The minimum absolute atomic E-state index is 0.291. The van der Waals surface area contributed by atoms with Gasteiger partial charge in [-0.2, -0.15) is 13.2 Å². The summed E-state index contributed by atoms with van der Waals surface area (Å²) < 4.78 is 45.6. The second-order valence-corrected chi connectivity index (χ2v) is 7.59. The van der Waals surface area contributed by atoms with Crippen molar-refractivity contribution >= 4 is 11.3 Å². The molecule has 1 aliphatic heterocycles. The summed E-state index contributed by atoms with van der Waals surface area (Å²) in [5.41, 5.74) is 3.39. The van der Waals surface area contributed by atoms with Crippen molar-refractivity contribution in [1.29, 1.82) is 0 Å². The van der Waals surface area contributed by atoms with Crippen molar-refractivity contribution in [1.82, 2.24) is 19.3 Å². The number of pyridine rings is 2. The molecule has 3 aromatic rings. The lowest BCUT2D eigenvalue weighted by Gasteiger charge is -2.36. The average molecular weight is 419 g/mol. The van der Waals surface area contributed by atoms with Crippen LogP contribution in [0.25, 0.3) is 5.65 Å². The molecule has 30 heavy (non-hydrogen) atoms. The molecule has 0 amide bonds. The van der Waals surface area contributed by atoms with Crippen LogP contribution in [0.1, 0.15) is 22.5 Å². The molecule has 0 spiro atoms. The summed E-state index contributed by atoms with van der Waals surface area (Å²) in [6.07, 6.45) is 0.147. The van der Waals surface area contributed by atoms with Crippen molar-refractivity contribution in [3.05, 3.63) is 53.2 Å². The fourth-order valence-corrected chi connectivity index (χ4v) is 3.91. The summed E-state index contributed by atoms with van der Waals surface area (Å²) in [6.45, 7) is 8.00. The molecule has 0 unspecified atom stereocenters. The third-order valence-electron chi connectivity index (χ3n) is 5.59. The van der Waals surface area contributed by atoms with E-state index in [-0.39, 0.29) is 0 Å². The monoisotopic (exact) mass is 419 g/mol. The first-order valence-corrected chi connectivity index (χ1v) is 9.78. The van der Waals surface area contributed by atoms with E-state index in [1.54, 1.807) is 19.4 Å². The quantitative estimate of drug-likeness (QED) is 0.646. The van der Waals surface area contributed by atoms with Crippen LogP contribution in [0.4, 0.5) is 18.9 Å². The number of hydrogen-bond acceptors (Lipinski definition) is 5. The van der Waals surface area contributed by atoms with Gasteiger partial charge in [-0.25, -0.2) is 4.98 Å². The smallest absolute Gasteiger partial charge is 0.434 e. The third-order valence-corrected chi connectivity index (χ3v) is 5.59. The molecular weight excluding hydrogens is 395 g/mol. The molecule has 0 aromatic carbocycles. The molecule has 3 aromatic heterocycles. The minimum atomic E-state index is -4.44. The van der Waals surface area contributed by atoms with E-state index in [2.05, 4.69) is 19.8 Å². The van der Waals surface area contributed by atoms with Gasteiger partial charge in [0.1, 0.15) is 11.4 Å². The number of hydrogen-bond donors (Lipinski definition) is 0. The minimum Gasteiger partial charge on any atom is -0.496 e. The van der Waals surface area contributed by atoms with Gasteiger partial charge in [-0.05, 0) is 26.0 Å². The van der Waals surface area contributed by atoms with E-state index in [9.17, 15) is 13.2 Å². The molecule has 0 N–H and O–H groups in total. The van der Waals surface area contributed by atoms with Crippen LogP contribution in [0.15, 0.2) is 30.7 Å². The summed E-state index contributed by atoms with van der Waals surface area (Å²) in [6, 6.07) is 3.46. The van der Waals surface area contributed by atoms with Crippen molar-refractivity contribution < 1.29 is 17.9 Å². The van der Waals surface area contributed by atoms with Crippen molar-refractivity contribution in [2.75, 3.05) is 38.2 Å². The van der Waals surface area contributed by atoms with Crippen LogP contribution in [0, 0.1) is 13.8 Å². The van der Waals surface area contributed by atoms with E-state index in [1.807, 2.05) is 26.1 Å². The standard InChI is InChI=1S/C21H24F3N5O/c1-14-10-25-17(15(2)20(14)30-3)12-27-6-8-28(9-7-27)16-4-5-19-26-18(21(22,23)24)13-29(19)11-16/h4-5,10-11,13H,6-9,12H2,1-3H3. The van der Waals surface area contributed by atoms with Gasteiger partial charge in [-0.1, -0.05) is 0 Å². The second-order valence-electron chi connectivity index (χ2n) is 7.59. The highest BCUT2D eigenvalue weighted by Crippen LogP contribution is 2.29. The molecule has 4 rings (SSSR count). The van der Waals surface area contributed by atoms with Crippen LogP contribution >= 0.6 is 0 Å². The number of aromatic nitrogens is 3. The number of rotatable bonds is 4. The molecule has 0 aliphatic carbocycles. The average Bonchev–Trinajstić information content (AvgIpc) is 3.15. The summed E-state index contributed by atoms with van der Waals surface area (Å²) in [7, 11) is 1.67. The third kappa shape index (κ3) is 3.94. The molecule has 4 heterocycles. The number of anilines is 1. The summed E-state index contributed by atoms with van der Waals surface area (Å²) in [5.74, 6) is 0.880. The zero-order valence-electron chi connectivity index (χ0n) is 17.2. The van der Waals surface area contributed by atoms with E-state index in [1.165, 1.54) is 4.40 Å². The Labute approximate surface area is 172 Å². The number of ether oxygens (including phenoxy) is 1. The zero-order chi connectivity index (χ0) is 21.5. The van der Waals surface area contributed by atoms with Gasteiger partial charge < -0.3 is 14.0 Å². The van der Waals surface area contributed by atoms with Gasteiger partial charge in [0, 0.05) is 62.4 Å². The zero-order valence-corrected chi connectivity index (χ0v) is 17.2. The maximum Gasteiger partial charge on any atom is 0.434 e. The van der Waals surface area contributed by atoms with E-state index < -0.39 is 11.9 Å². The maximum atomic E-state index is 12.9. The predicted octanol–water partition coefficient (Wildman–Crippen LogP) is 3.70. The molecule has 1 fully saturated rings. The fourth-order valence-electron chi connectivity index (χ4n) is 3.91. The van der Waals surface area contributed by atoms with Crippen molar-refractivity contribution in [3.63, 3.8) is 0 Å². The molecular formula is C21H24F3N5O. The first-order valence-electron chi connectivity index (χ1n) is 9.78. The maximum absolute atomic E-state index is 12.9. The lowest BCUT2D eigenvalue weighted by Crippen LogP contribution is -2.46. The molecule has 0 bridgehead atoms. The summed E-state index contributed by atoms with van der Waals surface area (Å²) in [4.78, 5) is 12.7. The lowest BCUT2D eigenvalue weighted by atomic mass is 10.1. The first-order chi connectivity index (χ1) is 14.3. The Morgan fingerprint density at radius 3 is 2.47 bits per heavy atom. The normalized spacial score (nSPS) is 15.7. The number of piperazine rings is 1. The number of nitrogens with zero attached hydrogens (tertiary/aromatic N) is 5. The van der Waals surface area contributed by atoms with Crippen LogP contribution in [0.3, 0.4) is 0 Å². The molecule has 0 saturated carbocycles. The molecule has 9 heteroatoms. The molecule has 1 saturated heterocycles. The number of fused-ring (bicyclic) bond motifs is 1. The SMILES string of the molecule is COc1c(C)cnc(CN2CCN(c3ccc4nc(C(F)(F)F)cn4c3)CC2)c1C. The summed E-state index contributed by atoms with van der Waals surface area (Å²) >= 11 is 0. The van der Waals surface area contributed by atoms with Crippen molar-refractivity contribution in [2.45, 2.75) is 26.6 Å². The first kappa shape index (κ1) is 20.5. The highest BCUT2D eigenvalue weighted by molar-refractivity contribution is 5.53. The van der Waals surface area contributed by atoms with Crippen molar-refractivity contribution in [3.8, 4) is 5.75 Å². The van der Waals surface area contributed by atoms with Gasteiger partial charge in [0.2, 0.25) is 0 Å². The van der Waals surface area contributed by atoms with Crippen LogP contribution in [-0.2, 0) is 12.7 Å². The van der Waals surface area contributed by atoms with Crippen LogP contribution in [0.5, 0.6) is 5.75 Å². The Kier molecular flexibility index (Phi) is 5.31. The Bertz CT molecular complexity index is 1050. The van der Waals surface area contributed by atoms with E-state index in [4.69, 9.17) is 4.74 Å². The Morgan fingerprint density at radius 1 is 1.07 bits per heavy atom. The van der Waals surface area contributed by atoms with E-state index in [0.717, 1.165) is 67.2 Å². The van der Waals surface area contributed by atoms with Crippen LogP contribution in [0.2, 0.25) is 0 Å². The van der Waals surface area contributed by atoms with Gasteiger partial charge in [-0.15, -0.1) is 0 Å². The highest BCUT2D eigenvalue weighted by atomic mass is 19.4. The van der Waals surface area contributed by atoms with E-state index >= 15 is 0 Å². The number of methoxy groups -OCH3 is 1. The fraction of sp³-hybridized carbons (Fsp3) is 0.429. The van der Waals surface area contributed by atoms with Gasteiger partial charge >= 0.3 is 6.18 Å². The lowest BCUT2D eigenvalue weighted by molar-refractivity contribution is -0.140. The molecule has 160 valence electrons. The summed E-state index contributed by atoms with van der Waals surface area (Å²) in [5, 5.41) is 0. The van der Waals surface area contributed by atoms with Gasteiger partial charge in [0.25, 0.3) is 0 Å². The Balaban J connectivity index is 1.43. The molecule has 6 nitrogen and oxygen atoms in total. The van der Waals surface area contributed by atoms with Gasteiger partial charge in [-0.3, -0.25) is 9.88 Å². The number of halogens is 3. The second kappa shape index (κ2) is 7.79. The van der Waals surface area contributed by atoms with Crippen molar-refractivity contribution in [2.24, 2.45) is 0 Å². The topological polar surface area (TPSA) is 45.9 Å². The number of alkyl halides is 3. The molecule has 0 radical (unpaired) electrons. The number of aryl methyl sites for hydroxylation is 1. The Hall–Kier alpha value is -2.81. The van der Waals surface area contributed by atoms with Crippen LogP contribution in [-0.4, -0.2) is 52.6 Å². The van der Waals surface area contributed by atoms with Gasteiger partial charge in [0.05, 0.1) is 18.5 Å². The largest absolute Gasteiger partial charge is 0.496 e. The molecule has 1 aliphatic rings. The highest BCUT2D eigenvalue weighted by Gasteiger charge is 2.34. The number of imidazole rings is 1. The predicted molar refractivity (Wildman–Crippen MR) is 108 cm³/mol. The Morgan fingerprint density at radius 2 is 1.80 bits per heavy atom. The molecule has 0 atom stereocenters. The van der Waals surface area contributed by atoms with E-state index in [0.29, 0.717) is 5.65 Å². The van der Waals surface area contributed by atoms with Gasteiger partial charge in [0.15, 0.2) is 5.69 Å². The van der Waals surface area contributed by atoms with Crippen LogP contribution < -0.4 is 9.64 Å².